The number of unbranched alkanes of at least 4 members (excludes halogenated alkanes) is 1. The summed E-state index contributed by atoms with van der Waals surface area (Å²) in [6, 6.07) is 15.3. The second kappa shape index (κ2) is 14.0. The van der Waals surface area contributed by atoms with Gasteiger partial charge < -0.3 is 10.2 Å². The Kier molecular flexibility index (Phi) is 11.0. The van der Waals surface area contributed by atoms with E-state index in [1.54, 1.807) is 19.1 Å². The number of hydrogen-bond donors (Lipinski definition) is 1. The van der Waals surface area contributed by atoms with Crippen LogP contribution >= 0.6 is 23.2 Å². The number of nitrogens with zero attached hydrogens (tertiary/aromatic N) is 2. The number of sulfonamides is 1. The summed E-state index contributed by atoms with van der Waals surface area (Å²) in [5.41, 5.74) is 1.44. The van der Waals surface area contributed by atoms with Gasteiger partial charge in [-0.3, -0.25) is 13.9 Å². The smallest absolute Gasteiger partial charge is 0.264 e. The molecule has 0 bridgehead atoms. The number of nitrogens with one attached hydrogen (secondary N) is 1. The summed E-state index contributed by atoms with van der Waals surface area (Å²) in [5, 5.41) is 2.89. The minimum absolute atomic E-state index is 0.0184. The molecule has 1 atom stereocenters. The molecule has 2 amide bonds. The maximum atomic E-state index is 13.9. The lowest BCUT2D eigenvalue weighted by Crippen LogP contribution is -2.51. The molecule has 40 heavy (non-hydrogen) atoms. The van der Waals surface area contributed by atoms with Gasteiger partial charge >= 0.3 is 0 Å². The average molecular weight is 609 g/mol. The zero-order valence-corrected chi connectivity index (χ0v) is 24.9. The molecule has 214 valence electrons. The Bertz CT molecular complexity index is 1430. The fraction of sp³-hybridized carbons (Fsp3) is 0.310. The van der Waals surface area contributed by atoms with Gasteiger partial charge in [0.05, 0.1) is 20.6 Å². The molecule has 0 aromatic heterocycles. The molecular formula is C29H32Cl2FN3O4S. The molecule has 3 rings (SSSR count). The zero-order valence-electron chi connectivity index (χ0n) is 22.5. The average Bonchev–Trinajstić information content (AvgIpc) is 2.93. The number of halogens is 3. The first-order valence-electron chi connectivity index (χ1n) is 12.8. The molecule has 1 N–H and O–H groups in total. The minimum Gasteiger partial charge on any atom is -0.354 e. The molecule has 3 aromatic rings. The van der Waals surface area contributed by atoms with Crippen molar-refractivity contribution >= 4 is 50.7 Å². The van der Waals surface area contributed by atoms with E-state index in [1.807, 2.05) is 13.8 Å². The van der Waals surface area contributed by atoms with Crippen LogP contribution in [0.1, 0.15) is 37.8 Å². The third-order valence-corrected chi connectivity index (χ3v) is 8.93. The van der Waals surface area contributed by atoms with Crippen molar-refractivity contribution in [3.05, 3.63) is 93.7 Å². The van der Waals surface area contributed by atoms with E-state index >= 15 is 0 Å². The highest BCUT2D eigenvalue weighted by atomic mass is 35.5. The number of anilines is 1. The van der Waals surface area contributed by atoms with Crippen LogP contribution in [0.25, 0.3) is 0 Å². The fourth-order valence-electron chi connectivity index (χ4n) is 3.94. The van der Waals surface area contributed by atoms with Crippen LogP contribution in [0.3, 0.4) is 0 Å². The predicted molar refractivity (Wildman–Crippen MR) is 157 cm³/mol. The minimum atomic E-state index is -4.29. The van der Waals surface area contributed by atoms with E-state index in [2.05, 4.69) is 5.32 Å². The van der Waals surface area contributed by atoms with Crippen molar-refractivity contribution < 1.29 is 22.4 Å². The van der Waals surface area contributed by atoms with Crippen LogP contribution in [-0.2, 0) is 26.2 Å². The van der Waals surface area contributed by atoms with Gasteiger partial charge in [-0.25, -0.2) is 12.8 Å². The van der Waals surface area contributed by atoms with Gasteiger partial charge in [-0.1, -0.05) is 72.4 Å². The number of carbonyl (C=O) groups excluding carboxylic acids is 2. The van der Waals surface area contributed by atoms with Crippen LogP contribution in [0.4, 0.5) is 10.1 Å². The largest absolute Gasteiger partial charge is 0.354 e. The molecule has 0 radical (unpaired) electrons. The number of benzene rings is 3. The quantitative estimate of drug-likeness (QED) is 0.257. The Balaban J connectivity index is 2.04. The molecule has 0 fully saturated rings. The summed E-state index contributed by atoms with van der Waals surface area (Å²) in [5.74, 6) is -1.50. The van der Waals surface area contributed by atoms with Crippen molar-refractivity contribution in [3.63, 3.8) is 0 Å². The van der Waals surface area contributed by atoms with Gasteiger partial charge in [-0.05, 0) is 62.2 Å². The van der Waals surface area contributed by atoms with Gasteiger partial charge in [0.2, 0.25) is 11.8 Å². The number of carbonyl (C=O) groups is 2. The van der Waals surface area contributed by atoms with Crippen molar-refractivity contribution in [1.82, 2.24) is 10.2 Å². The van der Waals surface area contributed by atoms with Gasteiger partial charge in [0.25, 0.3) is 10.0 Å². The van der Waals surface area contributed by atoms with Gasteiger partial charge in [0.1, 0.15) is 18.4 Å². The summed E-state index contributed by atoms with van der Waals surface area (Å²) < 4.78 is 42.2. The van der Waals surface area contributed by atoms with E-state index in [9.17, 15) is 22.4 Å². The number of amides is 2. The third-order valence-electron chi connectivity index (χ3n) is 6.35. The standard InChI is InChI=1S/C29H32Cl2FN3O4S/c1-4-5-17-33-29(37)21(3)34(18-22-11-13-23(32)14-12-22)27(36)19-35(26-8-6-7-25(30)28(26)31)40(38,39)24-15-9-20(2)10-16-24/h6-16,21H,4-5,17-19H2,1-3H3,(H,33,37). The molecule has 1 unspecified atom stereocenters. The highest BCUT2D eigenvalue weighted by molar-refractivity contribution is 7.92. The Morgan fingerprint density at radius 1 is 1.00 bits per heavy atom. The summed E-state index contributed by atoms with van der Waals surface area (Å²) in [4.78, 5) is 28.1. The van der Waals surface area contributed by atoms with E-state index < -0.39 is 40.2 Å². The monoisotopic (exact) mass is 607 g/mol. The van der Waals surface area contributed by atoms with E-state index in [-0.39, 0.29) is 27.2 Å². The maximum Gasteiger partial charge on any atom is 0.264 e. The molecule has 0 saturated carbocycles. The van der Waals surface area contributed by atoms with E-state index in [1.165, 1.54) is 59.5 Å². The fourth-order valence-corrected chi connectivity index (χ4v) is 5.81. The number of hydrogen-bond acceptors (Lipinski definition) is 4. The van der Waals surface area contributed by atoms with Crippen molar-refractivity contribution in [2.75, 3.05) is 17.4 Å². The zero-order chi connectivity index (χ0) is 29.4. The Labute approximate surface area is 244 Å². The van der Waals surface area contributed by atoms with Crippen LogP contribution in [0.5, 0.6) is 0 Å². The van der Waals surface area contributed by atoms with Gasteiger partial charge in [-0.2, -0.15) is 0 Å². The number of rotatable bonds is 12. The molecule has 0 spiro atoms. The normalized spacial score (nSPS) is 12.1. The lowest BCUT2D eigenvalue weighted by Gasteiger charge is -2.32. The van der Waals surface area contributed by atoms with Crippen molar-refractivity contribution in [2.45, 2.75) is 51.1 Å². The van der Waals surface area contributed by atoms with Crippen LogP contribution in [0, 0.1) is 12.7 Å². The topological polar surface area (TPSA) is 86.8 Å². The van der Waals surface area contributed by atoms with Gasteiger partial charge in [-0.15, -0.1) is 0 Å². The lowest BCUT2D eigenvalue weighted by atomic mass is 10.1. The molecule has 3 aromatic carbocycles. The van der Waals surface area contributed by atoms with E-state index in [0.717, 1.165) is 22.7 Å². The highest BCUT2D eigenvalue weighted by Gasteiger charge is 2.33. The Morgan fingerprint density at radius 3 is 2.27 bits per heavy atom. The predicted octanol–water partition coefficient (Wildman–Crippen LogP) is 5.97. The highest BCUT2D eigenvalue weighted by Crippen LogP contribution is 2.35. The summed E-state index contributed by atoms with van der Waals surface area (Å²) >= 11 is 12.6. The van der Waals surface area contributed by atoms with Crippen LogP contribution in [-0.4, -0.2) is 44.3 Å². The third kappa shape index (κ3) is 7.74. The number of aryl methyl sites for hydroxylation is 1. The Morgan fingerprint density at radius 2 is 1.65 bits per heavy atom. The molecular weight excluding hydrogens is 576 g/mol. The first-order chi connectivity index (χ1) is 18.9. The van der Waals surface area contributed by atoms with Gasteiger partial charge in [0, 0.05) is 13.1 Å². The molecule has 11 heteroatoms. The van der Waals surface area contributed by atoms with Crippen molar-refractivity contribution in [1.29, 1.82) is 0 Å². The molecule has 0 aliphatic carbocycles. The molecule has 0 aliphatic heterocycles. The maximum absolute atomic E-state index is 13.9. The van der Waals surface area contributed by atoms with Crippen molar-refractivity contribution in [2.24, 2.45) is 0 Å². The molecule has 0 aliphatic rings. The van der Waals surface area contributed by atoms with Gasteiger partial charge in [0.15, 0.2) is 0 Å². The van der Waals surface area contributed by atoms with Crippen LogP contribution in [0.2, 0.25) is 10.0 Å². The summed E-state index contributed by atoms with van der Waals surface area (Å²) in [7, 11) is -4.29. The molecule has 0 heterocycles. The second-order valence-electron chi connectivity index (χ2n) is 9.37. The summed E-state index contributed by atoms with van der Waals surface area (Å²) in [6.07, 6.45) is 1.64. The summed E-state index contributed by atoms with van der Waals surface area (Å²) in [6.45, 7) is 5.10. The molecule has 7 nitrogen and oxygen atoms in total. The van der Waals surface area contributed by atoms with E-state index in [0.29, 0.717) is 12.1 Å². The van der Waals surface area contributed by atoms with E-state index in [4.69, 9.17) is 23.2 Å². The second-order valence-corrected chi connectivity index (χ2v) is 12.0. The molecule has 0 saturated heterocycles. The SMILES string of the molecule is CCCCNC(=O)C(C)N(Cc1ccc(F)cc1)C(=O)CN(c1cccc(Cl)c1Cl)S(=O)(=O)c1ccc(C)cc1. The van der Waals surface area contributed by atoms with Crippen LogP contribution in [0.15, 0.2) is 71.6 Å². The van der Waals surface area contributed by atoms with Crippen molar-refractivity contribution in [3.8, 4) is 0 Å². The lowest BCUT2D eigenvalue weighted by molar-refractivity contribution is -0.139. The first-order valence-corrected chi connectivity index (χ1v) is 15.0. The van der Waals surface area contributed by atoms with Crippen LogP contribution < -0.4 is 9.62 Å². The Hall–Kier alpha value is -3.14. The first kappa shape index (κ1) is 31.4.